The lowest BCUT2D eigenvalue weighted by Gasteiger charge is -2.34. The fourth-order valence-electron chi connectivity index (χ4n) is 3.90. The van der Waals surface area contributed by atoms with Crippen molar-refractivity contribution in [2.24, 2.45) is 11.3 Å². The Morgan fingerprint density at radius 3 is 2.67 bits per heavy atom. The fraction of sp³-hybridized carbons (Fsp3) is 0.654. The summed E-state index contributed by atoms with van der Waals surface area (Å²) >= 11 is 0. The molecule has 0 aliphatic heterocycles. The first-order valence-corrected chi connectivity index (χ1v) is 11.4. The van der Waals surface area contributed by atoms with Gasteiger partial charge < -0.3 is 14.9 Å². The molecule has 170 valence electrons. The maximum absolute atomic E-state index is 10.6. The van der Waals surface area contributed by atoms with Crippen molar-refractivity contribution in [3.63, 3.8) is 0 Å². The first-order chi connectivity index (χ1) is 14.2. The van der Waals surface area contributed by atoms with Gasteiger partial charge in [-0.25, -0.2) is 4.79 Å². The first-order valence-electron chi connectivity index (χ1n) is 11.4. The van der Waals surface area contributed by atoms with Gasteiger partial charge in [-0.2, -0.15) is 0 Å². The van der Waals surface area contributed by atoms with Crippen LogP contribution in [0.2, 0.25) is 0 Å². The van der Waals surface area contributed by atoms with Crippen molar-refractivity contribution in [1.29, 1.82) is 0 Å². The number of carboxylic acid groups (broad SMARTS) is 1. The maximum atomic E-state index is 10.6. The van der Waals surface area contributed by atoms with Crippen molar-refractivity contribution in [3.05, 3.63) is 47.6 Å². The van der Waals surface area contributed by atoms with E-state index in [1.54, 1.807) is 0 Å². The van der Waals surface area contributed by atoms with Crippen LogP contribution in [0, 0.1) is 11.3 Å². The van der Waals surface area contributed by atoms with E-state index in [1.807, 2.05) is 24.3 Å². The number of allylic oxidation sites excluding steroid dienone is 6. The van der Waals surface area contributed by atoms with Crippen LogP contribution in [-0.4, -0.2) is 35.5 Å². The first kappa shape index (κ1) is 26.4. The Bertz CT molecular complexity index is 625. The molecule has 1 saturated carbocycles. The molecule has 0 aromatic carbocycles. The van der Waals surface area contributed by atoms with Gasteiger partial charge in [-0.05, 0) is 64.7 Å². The van der Waals surface area contributed by atoms with E-state index in [0.29, 0.717) is 12.5 Å². The van der Waals surface area contributed by atoms with Crippen molar-refractivity contribution in [2.75, 3.05) is 13.2 Å². The van der Waals surface area contributed by atoms with E-state index < -0.39 is 12.1 Å². The Hall–Kier alpha value is -1.65. The van der Waals surface area contributed by atoms with E-state index in [2.05, 4.69) is 39.8 Å². The number of carbonyl (C=O) groups is 1. The van der Waals surface area contributed by atoms with Crippen LogP contribution in [0.3, 0.4) is 0 Å². The van der Waals surface area contributed by atoms with Crippen LogP contribution < -0.4 is 0 Å². The van der Waals surface area contributed by atoms with E-state index in [-0.39, 0.29) is 12.0 Å². The standard InChI is InChI=1S/C26H42O4/c1-21(2)10-9-11-22(3)14-15-24(27)13-6-8-18-26(4)17-7-5-12-23(26)16-19-30-20-25(28)29/h6,8,10,13,16,18,22,24,27H,5,7,9,11-12,14-15,17,19-20H2,1-4H3,(H,28,29)/b13-6+,18-8+,23-16+. The highest BCUT2D eigenvalue weighted by Crippen LogP contribution is 2.41. The fourth-order valence-corrected chi connectivity index (χ4v) is 3.90. The van der Waals surface area contributed by atoms with Crippen LogP contribution in [0.15, 0.2) is 47.6 Å². The number of aliphatic hydroxyl groups is 1. The molecule has 4 heteroatoms. The van der Waals surface area contributed by atoms with Crippen LogP contribution in [-0.2, 0) is 9.53 Å². The average Bonchev–Trinajstić information content (AvgIpc) is 2.68. The summed E-state index contributed by atoms with van der Waals surface area (Å²) < 4.78 is 5.18. The van der Waals surface area contributed by atoms with Gasteiger partial charge in [0.1, 0.15) is 6.61 Å². The zero-order chi connectivity index (χ0) is 22.4. The molecule has 3 atom stereocenters. The number of aliphatic carboxylic acids is 1. The van der Waals surface area contributed by atoms with Gasteiger partial charge in [-0.1, -0.05) is 67.9 Å². The summed E-state index contributed by atoms with van der Waals surface area (Å²) in [7, 11) is 0. The van der Waals surface area contributed by atoms with Gasteiger partial charge in [-0.3, -0.25) is 0 Å². The molecule has 0 saturated heterocycles. The van der Waals surface area contributed by atoms with Gasteiger partial charge in [0.2, 0.25) is 0 Å². The highest BCUT2D eigenvalue weighted by Gasteiger charge is 2.28. The molecule has 0 spiro atoms. The second-order valence-corrected chi connectivity index (χ2v) is 9.12. The van der Waals surface area contributed by atoms with Gasteiger partial charge >= 0.3 is 5.97 Å². The molecule has 1 aliphatic carbocycles. The van der Waals surface area contributed by atoms with Crippen LogP contribution in [0.25, 0.3) is 0 Å². The lowest BCUT2D eigenvalue weighted by Crippen LogP contribution is -2.21. The monoisotopic (exact) mass is 418 g/mol. The number of hydrogen-bond donors (Lipinski definition) is 2. The molecule has 2 N–H and O–H groups in total. The van der Waals surface area contributed by atoms with Crippen LogP contribution in [0.1, 0.15) is 79.1 Å². The number of aliphatic hydroxyl groups excluding tert-OH is 1. The third-order valence-corrected chi connectivity index (χ3v) is 5.87. The minimum Gasteiger partial charge on any atom is -0.480 e. The molecule has 4 nitrogen and oxygen atoms in total. The van der Waals surface area contributed by atoms with Crippen molar-refractivity contribution in [1.82, 2.24) is 0 Å². The Morgan fingerprint density at radius 1 is 1.20 bits per heavy atom. The van der Waals surface area contributed by atoms with Gasteiger partial charge in [0.25, 0.3) is 0 Å². The molecule has 3 unspecified atom stereocenters. The Labute approximate surface area is 183 Å². The van der Waals surface area contributed by atoms with Gasteiger partial charge in [0.15, 0.2) is 0 Å². The minimum atomic E-state index is -0.939. The van der Waals surface area contributed by atoms with Crippen molar-refractivity contribution < 1.29 is 19.7 Å². The lowest BCUT2D eigenvalue weighted by molar-refractivity contribution is -0.141. The lowest BCUT2D eigenvalue weighted by atomic mass is 9.71. The quantitative estimate of drug-likeness (QED) is 0.211. The summed E-state index contributed by atoms with van der Waals surface area (Å²) in [6.45, 7) is 8.83. The van der Waals surface area contributed by atoms with Crippen molar-refractivity contribution in [3.8, 4) is 0 Å². The molecule has 0 aromatic heterocycles. The Morgan fingerprint density at radius 2 is 1.97 bits per heavy atom. The number of hydrogen-bond acceptors (Lipinski definition) is 3. The maximum Gasteiger partial charge on any atom is 0.329 e. The predicted octanol–water partition coefficient (Wildman–Crippen LogP) is 6.23. The highest BCUT2D eigenvalue weighted by molar-refractivity contribution is 5.68. The Balaban J connectivity index is 2.47. The summed E-state index contributed by atoms with van der Waals surface area (Å²) in [4.78, 5) is 10.6. The number of carboxylic acids is 1. The van der Waals surface area contributed by atoms with E-state index >= 15 is 0 Å². The molecule has 0 radical (unpaired) electrons. The molecule has 0 aromatic rings. The zero-order valence-electron chi connectivity index (χ0n) is 19.4. The van der Waals surface area contributed by atoms with E-state index in [0.717, 1.165) is 38.5 Å². The summed E-state index contributed by atoms with van der Waals surface area (Å²) in [5.41, 5.74) is 2.66. The zero-order valence-corrected chi connectivity index (χ0v) is 19.4. The predicted molar refractivity (Wildman–Crippen MR) is 124 cm³/mol. The molecule has 1 fully saturated rings. The van der Waals surface area contributed by atoms with Crippen molar-refractivity contribution in [2.45, 2.75) is 85.2 Å². The normalized spacial score (nSPS) is 23.2. The molecule has 0 amide bonds. The second kappa shape index (κ2) is 14.4. The summed E-state index contributed by atoms with van der Waals surface area (Å²) in [5, 5.41) is 18.9. The van der Waals surface area contributed by atoms with Crippen molar-refractivity contribution >= 4 is 5.97 Å². The molecule has 1 aliphatic rings. The van der Waals surface area contributed by atoms with E-state index in [4.69, 9.17) is 9.84 Å². The molecular weight excluding hydrogens is 376 g/mol. The van der Waals surface area contributed by atoms with Crippen LogP contribution in [0.5, 0.6) is 0 Å². The third-order valence-electron chi connectivity index (χ3n) is 5.87. The summed E-state index contributed by atoms with van der Waals surface area (Å²) in [6.07, 6.45) is 20.6. The number of rotatable bonds is 13. The van der Waals surface area contributed by atoms with Gasteiger partial charge in [0, 0.05) is 5.41 Å². The average molecular weight is 419 g/mol. The summed E-state index contributed by atoms with van der Waals surface area (Å²) in [5.74, 6) is -0.318. The second-order valence-electron chi connectivity index (χ2n) is 9.12. The topological polar surface area (TPSA) is 66.8 Å². The molecule has 1 rings (SSSR count). The Kier molecular flexibility index (Phi) is 12.6. The molecule has 30 heavy (non-hydrogen) atoms. The molecule has 0 bridgehead atoms. The third kappa shape index (κ3) is 11.5. The van der Waals surface area contributed by atoms with E-state index in [1.165, 1.54) is 24.0 Å². The molecular formula is C26H42O4. The molecule has 0 heterocycles. The number of ether oxygens (including phenoxy) is 1. The van der Waals surface area contributed by atoms with Crippen LogP contribution in [0.4, 0.5) is 0 Å². The summed E-state index contributed by atoms with van der Waals surface area (Å²) in [6, 6.07) is 0. The minimum absolute atomic E-state index is 0.0282. The largest absolute Gasteiger partial charge is 0.480 e. The smallest absolute Gasteiger partial charge is 0.329 e. The van der Waals surface area contributed by atoms with Gasteiger partial charge in [0.05, 0.1) is 12.7 Å². The van der Waals surface area contributed by atoms with Gasteiger partial charge in [-0.15, -0.1) is 0 Å². The van der Waals surface area contributed by atoms with E-state index in [9.17, 15) is 9.90 Å². The highest BCUT2D eigenvalue weighted by atomic mass is 16.5. The van der Waals surface area contributed by atoms with Crippen LogP contribution >= 0.6 is 0 Å². The SMILES string of the molecule is CC(C)=CCCC(C)CCC(O)/C=C/C=C/C1(C)CCCC/C1=C\COCC(=O)O.